The summed E-state index contributed by atoms with van der Waals surface area (Å²) in [7, 11) is 0. The number of halogens is 1. The third kappa shape index (κ3) is 3.37. The maximum Gasteiger partial charge on any atom is 0.413 e. The Balaban J connectivity index is 1.82. The van der Waals surface area contributed by atoms with Gasteiger partial charge in [-0.05, 0) is 23.3 Å². The van der Waals surface area contributed by atoms with E-state index in [0.29, 0.717) is 21.7 Å². The minimum Gasteiger partial charge on any atom is -0.465 e. The number of hydrogen-bond acceptors (Lipinski definition) is 2. The van der Waals surface area contributed by atoms with E-state index in [-0.39, 0.29) is 0 Å². The number of nitrogens with one attached hydrogen (secondary N) is 1. The van der Waals surface area contributed by atoms with Crippen molar-refractivity contribution in [1.29, 1.82) is 0 Å². The number of benzene rings is 3. The van der Waals surface area contributed by atoms with Crippen molar-refractivity contribution in [2.45, 2.75) is 0 Å². The first-order valence-corrected chi connectivity index (χ1v) is 8.66. The van der Waals surface area contributed by atoms with Crippen LogP contribution in [0.4, 0.5) is 10.6 Å². The molecule has 0 bridgehead atoms. The van der Waals surface area contributed by atoms with Crippen LogP contribution in [0.5, 0.6) is 0 Å². The van der Waals surface area contributed by atoms with E-state index < -0.39 is 6.09 Å². The molecule has 4 aromatic rings. The lowest BCUT2D eigenvalue weighted by atomic mass is 10.0. The van der Waals surface area contributed by atoms with Crippen LogP contribution in [0.15, 0.2) is 72.8 Å². The molecule has 1 radical (unpaired) electrons. The number of anilines is 1. The predicted octanol–water partition coefficient (Wildman–Crippen LogP) is 5.58. The lowest BCUT2D eigenvalue weighted by Gasteiger charge is -2.16. The van der Waals surface area contributed by atoms with Crippen molar-refractivity contribution in [2.24, 2.45) is 0 Å². The largest absolute Gasteiger partial charge is 0.465 e. The number of H-pyrrole nitrogens is 1. The molecule has 133 valence electrons. The van der Waals surface area contributed by atoms with Gasteiger partial charge in [-0.25, -0.2) is 9.69 Å². The van der Waals surface area contributed by atoms with Gasteiger partial charge in [0.25, 0.3) is 0 Å². The van der Waals surface area contributed by atoms with Crippen LogP contribution in [0.1, 0.15) is 5.56 Å². The molecule has 1 amide bonds. The SMILES string of the molecule is O=C(O)N([CH]c1ccccc1)c1n[nH]c2cc(Cl)c(-c3ccccc3)cc12. The Hall–Kier alpha value is -3.31. The quantitative estimate of drug-likeness (QED) is 0.488. The molecule has 2 N–H and O–H groups in total. The highest BCUT2D eigenvalue weighted by Gasteiger charge is 2.22. The van der Waals surface area contributed by atoms with Crippen molar-refractivity contribution >= 4 is 34.4 Å². The molecule has 1 heterocycles. The molecule has 0 aliphatic heterocycles. The summed E-state index contributed by atoms with van der Waals surface area (Å²) in [4.78, 5) is 13.0. The molecule has 27 heavy (non-hydrogen) atoms. The van der Waals surface area contributed by atoms with Gasteiger partial charge in [0.2, 0.25) is 0 Å². The van der Waals surface area contributed by atoms with Crippen LogP contribution in [-0.2, 0) is 0 Å². The Morgan fingerprint density at radius 3 is 2.37 bits per heavy atom. The van der Waals surface area contributed by atoms with Crippen LogP contribution in [0, 0.1) is 6.54 Å². The molecular formula is C21H15ClN3O2. The second-order valence-corrected chi connectivity index (χ2v) is 6.39. The molecule has 0 spiro atoms. The normalized spacial score (nSPS) is 10.9. The van der Waals surface area contributed by atoms with Crippen molar-refractivity contribution in [3.8, 4) is 11.1 Å². The van der Waals surface area contributed by atoms with Gasteiger partial charge in [-0.15, -0.1) is 0 Å². The van der Waals surface area contributed by atoms with Crippen molar-refractivity contribution < 1.29 is 9.90 Å². The number of carbonyl (C=O) groups is 1. The fourth-order valence-electron chi connectivity index (χ4n) is 2.94. The first-order valence-electron chi connectivity index (χ1n) is 8.28. The molecule has 6 heteroatoms. The summed E-state index contributed by atoms with van der Waals surface area (Å²) in [6, 6.07) is 22.6. The standard InChI is InChI=1S/C21H15ClN3O2/c22-18-12-19-17(11-16(18)15-9-5-2-6-10-15)20(24-23-19)25(21(26)27)13-14-7-3-1-4-8-14/h1-13H,(H,23,24)(H,26,27). The van der Waals surface area contributed by atoms with Crippen LogP contribution < -0.4 is 4.90 Å². The maximum absolute atomic E-state index is 11.9. The molecule has 0 fully saturated rings. The molecule has 0 atom stereocenters. The Morgan fingerprint density at radius 1 is 1.04 bits per heavy atom. The average molecular weight is 377 g/mol. The van der Waals surface area contributed by atoms with Crippen LogP contribution in [0.2, 0.25) is 5.02 Å². The summed E-state index contributed by atoms with van der Waals surface area (Å²) in [6.07, 6.45) is -1.12. The van der Waals surface area contributed by atoms with Crippen LogP contribution in [0.3, 0.4) is 0 Å². The second kappa shape index (κ2) is 7.13. The van der Waals surface area contributed by atoms with Gasteiger partial charge >= 0.3 is 6.09 Å². The van der Waals surface area contributed by atoms with Gasteiger partial charge in [0, 0.05) is 10.9 Å². The van der Waals surface area contributed by atoms with E-state index in [4.69, 9.17) is 11.6 Å². The van der Waals surface area contributed by atoms with E-state index in [1.54, 1.807) is 6.07 Å². The van der Waals surface area contributed by atoms with Gasteiger partial charge in [0.05, 0.1) is 17.1 Å². The highest BCUT2D eigenvalue weighted by molar-refractivity contribution is 6.34. The molecule has 5 nitrogen and oxygen atoms in total. The number of hydrogen-bond donors (Lipinski definition) is 2. The third-order valence-electron chi connectivity index (χ3n) is 4.23. The highest BCUT2D eigenvalue weighted by atomic mass is 35.5. The van der Waals surface area contributed by atoms with Gasteiger partial charge in [-0.3, -0.25) is 5.10 Å². The fourth-order valence-corrected chi connectivity index (χ4v) is 3.21. The summed E-state index contributed by atoms with van der Waals surface area (Å²) < 4.78 is 0. The molecule has 1 aromatic heterocycles. The van der Waals surface area contributed by atoms with Crippen LogP contribution >= 0.6 is 11.6 Å². The van der Waals surface area contributed by atoms with E-state index in [1.807, 2.05) is 66.7 Å². The van der Waals surface area contributed by atoms with Crippen molar-refractivity contribution in [2.75, 3.05) is 4.90 Å². The molecule has 0 aliphatic rings. The zero-order valence-electron chi connectivity index (χ0n) is 14.1. The number of carboxylic acid groups (broad SMARTS) is 1. The van der Waals surface area contributed by atoms with E-state index in [9.17, 15) is 9.90 Å². The Kier molecular flexibility index (Phi) is 4.52. The van der Waals surface area contributed by atoms with Gasteiger partial charge in [0.1, 0.15) is 0 Å². The monoisotopic (exact) mass is 376 g/mol. The van der Waals surface area contributed by atoms with E-state index >= 15 is 0 Å². The Labute approximate surface area is 160 Å². The number of aromatic amines is 1. The first kappa shape index (κ1) is 17.1. The molecule has 0 unspecified atom stereocenters. The van der Waals surface area contributed by atoms with Gasteiger partial charge in [0.15, 0.2) is 5.82 Å². The van der Waals surface area contributed by atoms with Crippen molar-refractivity contribution in [3.63, 3.8) is 0 Å². The van der Waals surface area contributed by atoms with E-state index in [1.165, 1.54) is 6.54 Å². The number of nitrogens with zero attached hydrogens (tertiary/aromatic N) is 2. The zero-order chi connectivity index (χ0) is 18.8. The van der Waals surface area contributed by atoms with Crippen molar-refractivity contribution in [3.05, 3.63) is 89.9 Å². The summed E-state index contributed by atoms with van der Waals surface area (Å²) >= 11 is 6.43. The summed E-state index contributed by atoms with van der Waals surface area (Å²) in [5, 5.41) is 18.1. The molecular weight excluding hydrogens is 362 g/mol. The molecule has 4 rings (SSSR count). The minimum atomic E-state index is -1.12. The summed E-state index contributed by atoms with van der Waals surface area (Å²) in [6.45, 7) is 1.54. The Morgan fingerprint density at radius 2 is 1.70 bits per heavy atom. The lowest BCUT2D eigenvalue weighted by molar-refractivity contribution is 0.203. The topological polar surface area (TPSA) is 69.2 Å². The van der Waals surface area contributed by atoms with Gasteiger partial charge in [-0.2, -0.15) is 5.10 Å². The van der Waals surface area contributed by atoms with Crippen LogP contribution in [0.25, 0.3) is 22.0 Å². The van der Waals surface area contributed by atoms with E-state index in [0.717, 1.165) is 21.6 Å². The number of amides is 1. The minimum absolute atomic E-state index is 0.301. The maximum atomic E-state index is 11.9. The number of rotatable bonds is 4. The fraction of sp³-hybridized carbons (Fsp3) is 0. The number of fused-ring (bicyclic) bond motifs is 1. The smallest absolute Gasteiger partial charge is 0.413 e. The summed E-state index contributed by atoms with van der Waals surface area (Å²) in [5.41, 5.74) is 3.19. The molecule has 0 saturated carbocycles. The van der Waals surface area contributed by atoms with E-state index in [2.05, 4.69) is 10.2 Å². The highest BCUT2D eigenvalue weighted by Crippen LogP contribution is 2.35. The summed E-state index contributed by atoms with van der Waals surface area (Å²) in [5.74, 6) is 0.301. The number of aromatic nitrogens is 2. The zero-order valence-corrected chi connectivity index (χ0v) is 14.9. The van der Waals surface area contributed by atoms with Gasteiger partial charge in [-0.1, -0.05) is 72.3 Å². The van der Waals surface area contributed by atoms with Crippen LogP contribution in [-0.4, -0.2) is 21.4 Å². The average Bonchev–Trinajstić information content (AvgIpc) is 3.09. The molecule has 0 saturated heterocycles. The first-order chi connectivity index (χ1) is 13.1. The second-order valence-electron chi connectivity index (χ2n) is 5.98. The lowest BCUT2D eigenvalue weighted by Crippen LogP contribution is -2.27. The Bertz CT molecular complexity index is 1090. The molecule has 0 aliphatic carbocycles. The molecule has 3 aromatic carbocycles. The van der Waals surface area contributed by atoms with Gasteiger partial charge < -0.3 is 5.11 Å². The predicted molar refractivity (Wildman–Crippen MR) is 107 cm³/mol. The third-order valence-corrected chi connectivity index (χ3v) is 4.54. The van der Waals surface area contributed by atoms with Crippen molar-refractivity contribution in [1.82, 2.24) is 10.2 Å².